The molecule has 3 aromatic rings. The molecule has 1 aliphatic heterocycles. The normalized spacial score (nSPS) is 14.8. The molecule has 0 radical (unpaired) electrons. The minimum atomic E-state index is -0.0334. The number of hydrogen-bond donors (Lipinski definition) is 2. The Labute approximate surface area is 186 Å². The van der Waals surface area contributed by atoms with Crippen molar-refractivity contribution in [1.82, 2.24) is 25.3 Å². The number of amides is 2. The van der Waals surface area contributed by atoms with Crippen molar-refractivity contribution in [2.75, 3.05) is 25.0 Å². The van der Waals surface area contributed by atoms with Gasteiger partial charge in [-0.1, -0.05) is 23.4 Å². The van der Waals surface area contributed by atoms with Crippen molar-refractivity contribution in [3.05, 3.63) is 60.7 Å². The molecule has 0 unspecified atom stereocenters. The van der Waals surface area contributed by atoms with Gasteiger partial charge in [-0.15, -0.1) is 0 Å². The van der Waals surface area contributed by atoms with Gasteiger partial charge in [0.2, 0.25) is 23.5 Å². The molecular weight excluding hydrogens is 408 g/mol. The zero-order valence-electron chi connectivity index (χ0n) is 17.7. The van der Waals surface area contributed by atoms with Crippen LogP contribution in [0.15, 0.2) is 59.4 Å². The zero-order chi connectivity index (χ0) is 22.2. The highest BCUT2D eigenvalue weighted by molar-refractivity contribution is 5.92. The number of carbonyl (C=O) groups excluding carboxylic acids is 2. The van der Waals surface area contributed by atoms with E-state index in [1.165, 1.54) is 0 Å². The first kappa shape index (κ1) is 21.6. The highest BCUT2D eigenvalue weighted by Gasteiger charge is 2.22. The monoisotopic (exact) mass is 434 g/mol. The Morgan fingerprint density at radius 2 is 1.78 bits per heavy atom. The summed E-state index contributed by atoms with van der Waals surface area (Å²) in [7, 11) is 0. The maximum absolute atomic E-state index is 12.3. The quantitative estimate of drug-likeness (QED) is 0.559. The van der Waals surface area contributed by atoms with Crippen molar-refractivity contribution in [2.24, 2.45) is 0 Å². The number of aromatic nitrogens is 3. The first-order valence-electron chi connectivity index (χ1n) is 10.8. The van der Waals surface area contributed by atoms with Crippen molar-refractivity contribution in [1.29, 1.82) is 0 Å². The van der Waals surface area contributed by atoms with E-state index < -0.39 is 0 Å². The number of hydrogen-bond acceptors (Lipinski definition) is 7. The second-order valence-corrected chi connectivity index (χ2v) is 7.78. The maximum atomic E-state index is 12.3. The number of aryl methyl sites for hydroxylation is 1. The maximum Gasteiger partial charge on any atom is 0.238 e. The third-order valence-corrected chi connectivity index (χ3v) is 5.35. The second-order valence-electron chi connectivity index (χ2n) is 7.78. The van der Waals surface area contributed by atoms with Crippen LogP contribution < -0.4 is 10.6 Å². The van der Waals surface area contributed by atoms with Gasteiger partial charge in [0, 0.05) is 55.6 Å². The van der Waals surface area contributed by atoms with E-state index in [0.717, 1.165) is 37.2 Å². The van der Waals surface area contributed by atoms with Crippen LogP contribution in [0.5, 0.6) is 0 Å². The van der Waals surface area contributed by atoms with Crippen LogP contribution in [0.2, 0.25) is 0 Å². The van der Waals surface area contributed by atoms with Crippen LogP contribution >= 0.6 is 0 Å². The molecule has 0 aliphatic carbocycles. The molecule has 4 rings (SSSR count). The molecule has 0 spiro atoms. The van der Waals surface area contributed by atoms with Gasteiger partial charge in [-0.25, -0.2) is 0 Å². The van der Waals surface area contributed by atoms with Gasteiger partial charge in [0.25, 0.3) is 0 Å². The molecule has 3 heterocycles. The van der Waals surface area contributed by atoms with E-state index in [9.17, 15) is 9.59 Å². The SMILES string of the molecule is O=C(CN1CCC(NC(=O)CCc2nc(-c3ccncc3)no2)CC1)Nc1ccccc1. The molecule has 32 heavy (non-hydrogen) atoms. The molecule has 166 valence electrons. The number of carbonyl (C=O) groups is 2. The number of nitrogens with one attached hydrogen (secondary N) is 2. The second kappa shape index (κ2) is 10.6. The predicted molar refractivity (Wildman–Crippen MR) is 119 cm³/mol. The van der Waals surface area contributed by atoms with Crippen LogP contribution in [0, 0.1) is 0 Å². The number of pyridine rings is 1. The Hall–Kier alpha value is -3.59. The molecule has 2 N–H and O–H groups in total. The molecule has 0 atom stereocenters. The van der Waals surface area contributed by atoms with Gasteiger partial charge in [0.05, 0.1) is 6.54 Å². The van der Waals surface area contributed by atoms with Crippen LogP contribution in [-0.2, 0) is 16.0 Å². The molecule has 2 amide bonds. The van der Waals surface area contributed by atoms with Crippen molar-refractivity contribution in [2.45, 2.75) is 31.7 Å². The van der Waals surface area contributed by atoms with Crippen LogP contribution in [0.4, 0.5) is 5.69 Å². The minimum absolute atomic E-state index is 0.0237. The van der Waals surface area contributed by atoms with E-state index in [1.54, 1.807) is 24.5 Å². The van der Waals surface area contributed by atoms with Crippen molar-refractivity contribution in [3.63, 3.8) is 0 Å². The molecule has 1 fully saturated rings. The van der Waals surface area contributed by atoms with Gasteiger partial charge in [-0.2, -0.15) is 4.98 Å². The van der Waals surface area contributed by atoms with Crippen molar-refractivity contribution >= 4 is 17.5 Å². The third kappa shape index (κ3) is 6.21. The van der Waals surface area contributed by atoms with Gasteiger partial charge in [0.15, 0.2) is 0 Å². The number of rotatable bonds is 8. The van der Waals surface area contributed by atoms with Gasteiger partial charge in [-0.3, -0.25) is 19.5 Å². The Morgan fingerprint density at radius 3 is 2.53 bits per heavy atom. The standard InChI is InChI=1S/C23H26N6O3/c30-20(6-7-22-27-23(28-32-22)17-8-12-24-13-9-17)25-19-10-14-29(15-11-19)16-21(31)26-18-4-2-1-3-5-18/h1-5,8-9,12-13,19H,6-7,10-11,14-16H2,(H,25,30)(H,26,31). The Bertz CT molecular complexity index is 1020. The number of nitrogens with zero attached hydrogens (tertiary/aromatic N) is 4. The first-order valence-corrected chi connectivity index (χ1v) is 10.8. The summed E-state index contributed by atoms with van der Waals surface area (Å²) in [5, 5.41) is 9.94. The minimum Gasteiger partial charge on any atom is -0.353 e. The molecule has 2 aromatic heterocycles. The zero-order valence-corrected chi connectivity index (χ0v) is 17.7. The summed E-state index contributed by atoms with van der Waals surface area (Å²) in [5.74, 6) is 0.871. The molecule has 0 saturated carbocycles. The summed E-state index contributed by atoms with van der Waals surface area (Å²) in [6.45, 7) is 1.89. The molecule has 9 heteroatoms. The van der Waals surface area contributed by atoms with E-state index in [2.05, 4.69) is 30.7 Å². The van der Waals surface area contributed by atoms with Gasteiger partial charge in [-0.05, 0) is 37.1 Å². The molecule has 1 saturated heterocycles. The number of piperidine rings is 1. The largest absolute Gasteiger partial charge is 0.353 e. The van der Waals surface area contributed by atoms with E-state index in [-0.39, 0.29) is 24.3 Å². The summed E-state index contributed by atoms with van der Waals surface area (Å²) in [6.07, 6.45) is 5.65. The number of likely N-dealkylation sites (tertiary alicyclic amines) is 1. The lowest BCUT2D eigenvalue weighted by molar-refractivity contribution is -0.122. The lowest BCUT2D eigenvalue weighted by atomic mass is 10.0. The molecule has 9 nitrogen and oxygen atoms in total. The summed E-state index contributed by atoms with van der Waals surface area (Å²) >= 11 is 0. The predicted octanol–water partition coefficient (Wildman–Crippen LogP) is 2.28. The highest BCUT2D eigenvalue weighted by Crippen LogP contribution is 2.15. The van der Waals surface area contributed by atoms with Gasteiger partial charge >= 0.3 is 0 Å². The summed E-state index contributed by atoms with van der Waals surface area (Å²) in [4.78, 5) is 35.0. The van der Waals surface area contributed by atoms with E-state index in [1.807, 2.05) is 30.3 Å². The van der Waals surface area contributed by atoms with Crippen LogP contribution in [0.3, 0.4) is 0 Å². The fraction of sp³-hybridized carbons (Fsp3) is 0.348. The Kier molecular flexibility index (Phi) is 7.19. The smallest absolute Gasteiger partial charge is 0.238 e. The third-order valence-electron chi connectivity index (χ3n) is 5.35. The summed E-state index contributed by atoms with van der Waals surface area (Å²) < 4.78 is 5.25. The van der Waals surface area contributed by atoms with Gasteiger partial charge < -0.3 is 15.2 Å². The average Bonchev–Trinajstić information content (AvgIpc) is 3.29. The summed E-state index contributed by atoms with van der Waals surface area (Å²) in [6, 6.07) is 13.2. The number of benzene rings is 1. The average molecular weight is 435 g/mol. The number of anilines is 1. The Balaban J connectivity index is 1.15. The fourth-order valence-corrected chi connectivity index (χ4v) is 3.66. The van der Waals surface area contributed by atoms with Gasteiger partial charge in [0.1, 0.15) is 0 Å². The molecule has 1 aliphatic rings. The van der Waals surface area contributed by atoms with E-state index in [0.29, 0.717) is 24.7 Å². The van der Waals surface area contributed by atoms with Crippen LogP contribution in [-0.4, -0.2) is 57.5 Å². The van der Waals surface area contributed by atoms with Crippen molar-refractivity contribution < 1.29 is 14.1 Å². The molecule has 0 bridgehead atoms. The lowest BCUT2D eigenvalue weighted by Gasteiger charge is -2.31. The van der Waals surface area contributed by atoms with Crippen LogP contribution in [0.25, 0.3) is 11.4 Å². The highest BCUT2D eigenvalue weighted by atomic mass is 16.5. The number of para-hydroxylation sites is 1. The van der Waals surface area contributed by atoms with E-state index in [4.69, 9.17) is 4.52 Å². The van der Waals surface area contributed by atoms with E-state index >= 15 is 0 Å². The van der Waals surface area contributed by atoms with Crippen LogP contribution in [0.1, 0.15) is 25.2 Å². The first-order chi connectivity index (χ1) is 15.7. The summed E-state index contributed by atoms with van der Waals surface area (Å²) in [5.41, 5.74) is 1.62. The van der Waals surface area contributed by atoms with Crippen molar-refractivity contribution in [3.8, 4) is 11.4 Å². The topological polar surface area (TPSA) is 113 Å². The molecule has 1 aromatic carbocycles. The fourth-order valence-electron chi connectivity index (χ4n) is 3.66. The Morgan fingerprint density at radius 1 is 1.03 bits per heavy atom. The lowest BCUT2D eigenvalue weighted by Crippen LogP contribution is -2.46. The molecular formula is C23H26N6O3.